The summed E-state index contributed by atoms with van der Waals surface area (Å²) < 4.78 is 0. The number of urea groups is 1. The van der Waals surface area contributed by atoms with E-state index in [9.17, 15) is 9.59 Å². The van der Waals surface area contributed by atoms with Crippen LogP contribution in [0.5, 0.6) is 0 Å². The van der Waals surface area contributed by atoms with Crippen molar-refractivity contribution in [2.45, 2.75) is 19.8 Å². The molecule has 0 aromatic heterocycles. The van der Waals surface area contributed by atoms with Gasteiger partial charge in [0.25, 0.3) is 5.91 Å². The number of aryl methyl sites for hydroxylation is 1. The summed E-state index contributed by atoms with van der Waals surface area (Å²) >= 11 is 0. The van der Waals surface area contributed by atoms with Crippen molar-refractivity contribution in [1.82, 2.24) is 10.6 Å². The maximum atomic E-state index is 12.0. The molecule has 0 aliphatic carbocycles. The summed E-state index contributed by atoms with van der Waals surface area (Å²) in [5.41, 5.74) is 3.65. The summed E-state index contributed by atoms with van der Waals surface area (Å²) in [6, 6.07) is 15.0. The molecule has 144 valence electrons. The molecular formula is C21H28N4O2. The Labute approximate surface area is 161 Å². The molecular weight excluding hydrogens is 340 g/mol. The first-order chi connectivity index (χ1) is 13.0. The van der Waals surface area contributed by atoms with Gasteiger partial charge in [0.05, 0.1) is 0 Å². The Bertz CT molecular complexity index is 740. The van der Waals surface area contributed by atoms with Gasteiger partial charge < -0.3 is 20.9 Å². The minimum absolute atomic E-state index is 0.118. The van der Waals surface area contributed by atoms with Gasteiger partial charge in [0.2, 0.25) is 0 Å². The van der Waals surface area contributed by atoms with E-state index in [2.05, 4.69) is 45.1 Å². The van der Waals surface area contributed by atoms with E-state index in [4.69, 9.17) is 0 Å². The van der Waals surface area contributed by atoms with Gasteiger partial charge in [-0.1, -0.05) is 12.1 Å². The molecule has 0 saturated carbocycles. The lowest BCUT2D eigenvalue weighted by molar-refractivity contribution is 0.0956. The molecule has 27 heavy (non-hydrogen) atoms. The van der Waals surface area contributed by atoms with E-state index >= 15 is 0 Å². The molecule has 3 N–H and O–H groups in total. The molecule has 2 aromatic rings. The minimum Gasteiger partial charge on any atom is -0.378 e. The van der Waals surface area contributed by atoms with Crippen molar-refractivity contribution < 1.29 is 9.59 Å². The van der Waals surface area contributed by atoms with Gasteiger partial charge in [-0.2, -0.15) is 0 Å². The zero-order valence-electron chi connectivity index (χ0n) is 16.2. The van der Waals surface area contributed by atoms with Gasteiger partial charge in [0.1, 0.15) is 0 Å². The van der Waals surface area contributed by atoms with Crippen molar-refractivity contribution in [1.29, 1.82) is 0 Å². The Kier molecular flexibility index (Phi) is 7.67. The van der Waals surface area contributed by atoms with Crippen molar-refractivity contribution in [2.75, 3.05) is 37.4 Å². The molecule has 0 spiro atoms. The molecule has 3 amide bonds. The van der Waals surface area contributed by atoms with Gasteiger partial charge in [0, 0.05) is 44.1 Å². The molecule has 0 unspecified atom stereocenters. The Morgan fingerprint density at radius 2 is 1.59 bits per heavy atom. The number of benzene rings is 2. The Balaban J connectivity index is 1.70. The third-order valence-electron chi connectivity index (χ3n) is 4.12. The normalized spacial score (nSPS) is 10.2. The number of nitrogens with one attached hydrogen (secondary N) is 3. The minimum atomic E-state index is -0.247. The van der Waals surface area contributed by atoms with Crippen LogP contribution in [0.4, 0.5) is 16.2 Å². The number of hydrogen-bond donors (Lipinski definition) is 3. The van der Waals surface area contributed by atoms with Crippen LogP contribution in [0.1, 0.15) is 29.3 Å². The first-order valence-electron chi connectivity index (χ1n) is 9.19. The number of carbonyl (C=O) groups is 2. The number of anilines is 2. The predicted octanol–water partition coefficient (Wildman–Crippen LogP) is 3.26. The Hall–Kier alpha value is -3.02. The van der Waals surface area contributed by atoms with Crippen molar-refractivity contribution in [2.24, 2.45) is 0 Å². The average molecular weight is 368 g/mol. The largest absolute Gasteiger partial charge is 0.378 e. The zero-order chi connectivity index (χ0) is 19.6. The van der Waals surface area contributed by atoms with Crippen LogP contribution < -0.4 is 20.9 Å². The third-order valence-corrected chi connectivity index (χ3v) is 4.12. The topological polar surface area (TPSA) is 73.5 Å². The van der Waals surface area contributed by atoms with Crippen molar-refractivity contribution in [3.63, 3.8) is 0 Å². The maximum absolute atomic E-state index is 12.0. The van der Waals surface area contributed by atoms with E-state index in [0.717, 1.165) is 12.8 Å². The van der Waals surface area contributed by atoms with E-state index < -0.39 is 0 Å². The predicted molar refractivity (Wildman–Crippen MR) is 111 cm³/mol. The molecule has 6 nitrogen and oxygen atoms in total. The highest BCUT2D eigenvalue weighted by atomic mass is 16.2. The molecule has 0 heterocycles. The van der Waals surface area contributed by atoms with Crippen molar-refractivity contribution in [3.8, 4) is 0 Å². The van der Waals surface area contributed by atoms with Gasteiger partial charge in [-0.05, 0) is 61.7 Å². The number of hydrogen-bond acceptors (Lipinski definition) is 3. The number of nitrogens with zero attached hydrogens (tertiary/aromatic N) is 1. The van der Waals surface area contributed by atoms with E-state index in [-0.39, 0.29) is 11.9 Å². The molecule has 0 fully saturated rings. The lowest BCUT2D eigenvalue weighted by Crippen LogP contribution is -2.29. The van der Waals surface area contributed by atoms with Gasteiger partial charge in [0.15, 0.2) is 0 Å². The summed E-state index contributed by atoms with van der Waals surface area (Å²) in [7, 11) is 4.04. The Morgan fingerprint density at radius 1 is 0.926 bits per heavy atom. The van der Waals surface area contributed by atoms with Gasteiger partial charge in [-0.25, -0.2) is 4.79 Å². The molecule has 2 rings (SSSR count). The van der Waals surface area contributed by atoms with Crippen LogP contribution in [0, 0.1) is 0 Å². The van der Waals surface area contributed by atoms with Crippen LogP contribution in [0.3, 0.4) is 0 Å². The summed E-state index contributed by atoms with van der Waals surface area (Å²) in [4.78, 5) is 25.7. The molecule has 0 atom stereocenters. The quantitative estimate of drug-likeness (QED) is 0.626. The second kappa shape index (κ2) is 10.2. The Morgan fingerprint density at radius 3 is 2.19 bits per heavy atom. The molecule has 6 heteroatoms. The molecule has 0 saturated heterocycles. The summed E-state index contributed by atoms with van der Waals surface area (Å²) in [5.74, 6) is -0.118. The molecule has 0 aliphatic rings. The highest BCUT2D eigenvalue weighted by Gasteiger charge is 2.05. The van der Waals surface area contributed by atoms with E-state index in [1.165, 1.54) is 11.3 Å². The van der Waals surface area contributed by atoms with Gasteiger partial charge in [-0.3, -0.25) is 4.79 Å². The standard InChI is InChI=1S/C21H28N4O2/c1-4-22-20(26)17-9-11-18(12-10-17)24-21(27)23-15-5-6-16-7-13-19(14-8-16)25(2)3/h7-14H,4-6,15H2,1-3H3,(H,22,26)(H2,23,24,27). The maximum Gasteiger partial charge on any atom is 0.319 e. The second-order valence-corrected chi connectivity index (χ2v) is 6.48. The van der Waals surface area contributed by atoms with Crippen molar-refractivity contribution in [3.05, 3.63) is 59.7 Å². The van der Waals surface area contributed by atoms with Crippen LogP contribution in [0.15, 0.2) is 48.5 Å². The SMILES string of the molecule is CCNC(=O)c1ccc(NC(=O)NCCCc2ccc(N(C)C)cc2)cc1. The highest BCUT2D eigenvalue weighted by Crippen LogP contribution is 2.13. The number of rotatable bonds is 8. The summed E-state index contributed by atoms with van der Waals surface area (Å²) in [5, 5.41) is 8.36. The van der Waals surface area contributed by atoms with Crippen LogP contribution in [0.2, 0.25) is 0 Å². The van der Waals surface area contributed by atoms with Crippen LogP contribution >= 0.6 is 0 Å². The lowest BCUT2D eigenvalue weighted by atomic mass is 10.1. The molecule has 0 radical (unpaired) electrons. The third kappa shape index (κ3) is 6.66. The van der Waals surface area contributed by atoms with Crippen LogP contribution in [0.25, 0.3) is 0 Å². The van der Waals surface area contributed by atoms with Crippen molar-refractivity contribution >= 4 is 23.3 Å². The zero-order valence-corrected chi connectivity index (χ0v) is 16.2. The summed E-state index contributed by atoms with van der Waals surface area (Å²) in [6.07, 6.45) is 1.78. The van der Waals surface area contributed by atoms with E-state index in [1.807, 2.05) is 21.0 Å². The number of amides is 3. The fourth-order valence-electron chi connectivity index (χ4n) is 2.60. The first kappa shape index (κ1) is 20.3. The van der Waals surface area contributed by atoms with E-state index in [1.54, 1.807) is 24.3 Å². The monoisotopic (exact) mass is 368 g/mol. The van der Waals surface area contributed by atoms with Crippen LogP contribution in [-0.4, -0.2) is 39.1 Å². The van der Waals surface area contributed by atoms with E-state index in [0.29, 0.717) is 24.3 Å². The number of carbonyl (C=O) groups excluding carboxylic acids is 2. The molecule has 0 aliphatic heterocycles. The fourth-order valence-corrected chi connectivity index (χ4v) is 2.60. The first-order valence-corrected chi connectivity index (χ1v) is 9.19. The lowest BCUT2D eigenvalue weighted by Gasteiger charge is -2.12. The van der Waals surface area contributed by atoms with Crippen LogP contribution in [-0.2, 0) is 6.42 Å². The summed E-state index contributed by atoms with van der Waals surface area (Å²) in [6.45, 7) is 3.05. The molecule has 0 bridgehead atoms. The molecule has 2 aromatic carbocycles. The fraction of sp³-hybridized carbons (Fsp3) is 0.333. The van der Waals surface area contributed by atoms with Gasteiger partial charge >= 0.3 is 6.03 Å². The average Bonchev–Trinajstić information content (AvgIpc) is 2.66. The smallest absolute Gasteiger partial charge is 0.319 e. The highest BCUT2D eigenvalue weighted by molar-refractivity contribution is 5.95. The second-order valence-electron chi connectivity index (χ2n) is 6.48. The van der Waals surface area contributed by atoms with Gasteiger partial charge in [-0.15, -0.1) is 0 Å².